The minimum absolute atomic E-state index is 0.0274. The van der Waals surface area contributed by atoms with Gasteiger partial charge in [-0.3, -0.25) is 14.4 Å². The maximum absolute atomic E-state index is 12.2. The third kappa shape index (κ3) is 4.19. The third-order valence-corrected chi connectivity index (χ3v) is 4.28. The molecule has 0 aromatic rings. The lowest BCUT2D eigenvalue weighted by molar-refractivity contribution is -0.135. The molecule has 0 aliphatic carbocycles. The number of rotatable bonds is 3. The van der Waals surface area contributed by atoms with Gasteiger partial charge in [0.15, 0.2) is 0 Å². The molecule has 6 heteroatoms. The number of nitrogens with one attached hydrogen (secondary N) is 2. The van der Waals surface area contributed by atoms with Crippen molar-refractivity contribution in [2.24, 2.45) is 11.8 Å². The van der Waals surface area contributed by atoms with Gasteiger partial charge in [-0.25, -0.2) is 0 Å². The van der Waals surface area contributed by atoms with Gasteiger partial charge in [-0.1, -0.05) is 13.8 Å². The predicted octanol–water partition coefficient (Wildman–Crippen LogP) is 0.276. The molecule has 2 saturated heterocycles. The second-order valence-electron chi connectivity index (χ2n) is 6.30. The van der Waals surface area contributed by atoms with Gasteiger partial charge in [-0.05, 0) is 19.3 Å². The lowest BCUT2D eigenvalue weighted by Gasteiger charge is -2.34. The quantitative estimate of drug-likeness (QED) is 0.785. The summed E-state index contributed by atoms with van der Waals surface area (Å²) in [5.74, 6) is 0.165. The van der Waals surface area contributed by atoms with Crippen LogP contribution in [-0.4, -0.2) is 48.3 Å². The van der Waals surface area contributed by atoms with Gasteiger partial charge in [0.2, 0.25) is 17.7 Å². The fourth-order valence-corrected chi connectivity index (χ4v) is 2.88. The number of nitrogens with zero attached hydrogens (tertiary/aromatic N) is 1. The van der Waals surface area contributed by atoms with Crippen LogP contribution in [0.4, 0.5) is 0 Å². The molecule has 0 spiro atoms. The topological polar surface area (TPSA) is 78.5 Å². The molecule has 0 saturated carbocycles. The summed E-state index contributed by atoms with van der Waals surface area (Å²) in [6.45, 7) is 5.68. The Morgan fingerprint density at radius 2 is 1.90 bits per heavy atom. The van der Waals surface area contributed by atoms with Crippen molar-refractivity contribution in [3.8, 4) is 0 Å². The van der Waals surface area contributed by atoms with Gasteiger partial charge < -0.3 is 15.5 Å². The van der Waals surface area contributed by atoms with Gasteiger partial charge in [-0.2, -0.15) is 0 Å². The van der Waals surface area contributed by atoms with E-state index >= 15 is 0 Å². The zero-order valence-electron chi connectivity index (χ0n) is 12.9. The predicted molar refractivity (Wildman–Crippen MR) is 78.3 cm³/mol. The molecule has 2 rings (SSSR count). The van der Waals surface area contributed by atoms with E-state index in [0.29, 0.717) is 32.5 Å². The standard InChI is InChI=1S/C15H25N3O3/c1-10(2)15(21)18-7-5-12(6-8-18)17-14(20)11-3-4-13(19)16-9-11/h10-12H,3-9H2,1-2H3,(H,16,19)(H,17,20). The Morgan fingerprint density at radius 3 is 2.43 bits per heavy atom. The van der Waals surface area contributed by atoms with E-state index in [2.05, 4.69) is 10.6 Å². The summed E-state index contributed by atoms with van der Waals surface area (Å²) in [7, 11) is 0. The van der Waals surface area contributed by atoms with Crippen molar-refractivity contribution in [1.29, 1.82) is 0 Å². The van der Waals surface area contributed by atoms with Crippen LogP contribution in [0.25, 0.3) is 0 Å². The van der Waals surface area contributed by atoms with Crippen molar-refractivity contribution >= 4 is 17.7 Å². The molecule has 1 atom stereocenters. The van der Waals surface area contributed by atoms with Crippen molar-refractivity contribution in [3.05, 3.63) is 0 Å². The van der Waals surface area contributed by atoms with E-state index in [-0.39, 0.29) is 35.6 Å². The first-order valence-corrected chi connectivity index (χ1v) is 7.83. The van der Waals surface area contributed by atoms with E-state index in [1.54, 1.807) is 0 Å². The summed E-state index contributed by atoms with van der Waals surface area (Å²) in [6, 6.07) is 0.145. The zero-order valence-corrected chi connectivity index (χ0v) is 12.9. The molecule has 2 aliphatic rings. The van der Waals surface area contributed by atoms with Gasteiger partial charge in [0.05, 0.1) is 5.92 Å². The summed E-state index contributed by atoms with van der Waals surface area (Å²) >= 11 is 0. The van der Waals surface area contributed by atoms with E-state index in [1.165, 1.54) is 0 Å². The van der Waals surface area contributed by atoms with Gasteiger partial charge >= 0.3 is 0 Å². The van der Waals surface area contributed by atoms with Crippen LogP contribution in [0.2, 0.25) is 0 Å². The summed E-state index contributed by atoms with van der Waals surface area (Å²) in [5, 5.41) is 5.80. The Hall–Kier alpha value is -1.59. The Labute approximate surface area is 125 Å². The molecule has 118 valence electrons. The average molecular weight is 295 g/mol. The van der Waals surface area contributed by atoms with Crippen LogP contribution in [0, 0.1) is 11.8 Å². The van der Waals surface area contributed by atoms with Crippen LogP contribution >= 0.6 is 0 Å². The summed E-state index contributed by atoms with van der Waals surface area (Å²) in [5.41, 5.74) is 0. The fraction of sp³-hybridized carbons (Fsp3) is 0.800. The molecule has 2 fully saturated rings. The first-order valence-electron chi connectivity index (χ1n) is 7.83. The molecule has 6 nitrogen and oxygen atoms in total. The molecule has 3 amide bonds. The molecular weight excluding hydrogens is 270 g/mol. The lowest BCUT2D eigenvalue weighted by atomic mass is 9.96. The van der Waals surface area contributed by atoms with Crippen LogP contribution < -0.4 is 10.6 Å². The second kappa shape index (κ2) is 6.91. The number of amides is 3. The maximum atomic E-state index is 12.2. The molecule has 0 bridgehead atoms. The molecular formula is C15H25N3O3. The van der Waals surface area contributed by atoms with Crippen molar-refractivity contribution < 1.29 is 14.4 Å². The smallest absolute Gasteiger partial charge is 0.225 e. The van der Waals surface area contributed by atoms with Gasteiger partial charge in [0.1, 0.15) is 0 Å². The number of carbonyl (C=O) groups excluding carboxylic acids is 3. The van der Waals surface area contributed by atoms with Crippen molar-refractivity contribution in [3.63, 3.8) is 0 Å². The number of carbonyl (C=O) groups is 3. The molecule has 0 aromatic heterocycles. The average Bonchev–Trinajstić information content (AvgIpc) is 2.47. The summed E-state index contributed by atoms with van der Waals surface area (Å²) < 4.78 is 0. The first kappa shape index (κ1) is 15.8. The molecule has 1 unspecified atom stereocenters. The Morgan fingerprint density at radius 1 is 1.24 bits per heavy atom. The molecule has 2 heterocycles. The van der Waals surface area contributed by atoms with E-state index in [1.807, 2.05) is 18.7 Å². The normalized spacial score (nSPS) is 23.9. The highest BCUT2D eigenvalue weighted by Gasteiger charge is 2.29. The molecule has 0 radical (unpaired) electrons. The molecule has 21 heavy (non-hydrogen) atoms. The minimum Gasteiger partial charge on any atom is -0.355 e. The van der Waals surface area contributed by atoms with Gasteiger partial charge in [0.25, 0.3) is 0 Å². The fourth-order valence-electron chi connectivity index (χ4n) is 2.88. The Balaban J connectivity index is 1.74. The van der Waals surface area contributed by atoms with Crippen molar-refractivity contribution in [2.45, 2.75) is 45.6 Å². The monoisotopic (exact) mass is 295 g/mol. The third-order valence-electron chi connectivity index (χ3n) is 4.28. The van der Waals surface area contributed by atoms with Crippen molar-refractivity contribution in [2.75, 3.05) is 19.6 Å². The maximum Gasteiger partial charge on any atom is 0.225 e. The van der Waals surface area contributed by atoms with Gasteiger partial charge in [-0.15, -0.1) is 0 Å². The highest BCUT2D eigenvalue weighted by atomic mass is 16.2. The molecule has 2 N–H and O–H groups in total. The second-order valence-corrected chi connectivity index (χ2v) is 6.30. The largest absolute Gasteiger partial charge is 0.355 e. The number of likely N-dealkylation sites (tertiary alicyclic amines) is 1. The van der Waals surface area contributed by atoms with Crippen LogP contribution in [0.1, 0.15) is 39.5 Å². The van der Waals surface area contributed by atoms with E-state index in [0.717, 1.165) is 12.8 Å². The Bertz CT molecular complexity index is 404. The summed E-state index contributed by atoms with van der Waals surface area (Å²) in [6.07, 6.45) is 2.67. The highest BCUT2D eigenvalue weighted by Crippen LogP contribution is 2.16. The van der Waals surface area contributed by atoms with Crippen LogP contribution in [0.15, 0.2) is 0 Å². The molecule has 0 aromatic carbocycles. The highest BCUT2D eigenvalue weighted by molar-refractivity contribution is 5.84. The van der Waals surface area contributed by atoms with E-state index < -0.39 is 0 Å². The number of hydrogen-bond donors (Lipinski definition) is 2. The Kier molecular flexibility index (Phi) is 5.20. The number of hydrogen-bond acceptors (Lipinski definition) is 3. The van der Waals surface area contributed by atoms with E-state index in [9.17, 15) is 14.4 Å². The number of piperidine rings is 2. The minimum atomic E-state index is -0.113. The van der Waals surface area contributed by atoms with Crippen LogP contribution in [0.3, 0.4) is 0 Å². The molecule has 2 aliphatic heterocycles. The zero-order chi connectivity index (χ0) is 15.4. The van der Waals surface area contributed by atoms with E-state index in [4.69, 9.17) is 0 Å². The van der Waals surface area contributed by atoms with Crippen LogP contribution in [0.5, 0.6) is 0 Å². The van der Waals surface area contributed by atoms with Crippen molar-refractivity contribution in [1.82, 2.24) is 15.5 Å². The van der Waals surface area contributed by atoms with Crippen LogP contribution in [-0.2, 0) is 14.4 Å². The SMILES string of the molecule is CC(C)C(=O)N1CCC(NC(=O)C2CCC(=O)NC2)CC1. The lowest BCUT2D eigenvalue weighted by Crippen LogP contribution is -2.50. The van der Waals surface area contributed by atoms with Gasteiger partial charge in [0, 0.05) is 38.0 Å². The summed E-state index contributed by atoms with van der Waals surface area (Å²) in [4.78, 5) is 37.0. The first-order chi connectivity index (χ1) is 9.97.